The van der Waals surface area contributed by atoms with Gasteiger partial charge in [0.15, 0.2) is 0 Å². The Labute approximate surface area is 141 Å². The van der Waals surface area contributed by atoms with Crippen molar-refractivity contribution in [3.63, 3.8) is 0 Å². The lowest BCUT2D eigenvalue weighted by Gasteiger charge is -2.02. The number of hydrogen-bond donors (Lipinski definition) is 1. The third-order valence-corrected chi connectivity index (χ3v) is 4.74. The van der Waals surface area contributed by atoms with Gasteiger partial charge < -0.3 is 9.52 Å². The van der Waals surface area contributed by atoms with E-state index in [1.54, 1.807) is 12.1 Å². The van der Waals surface area contributed by atoms with Gasteiger partial charge in [0.1, 0.15) is 12.1 Å². The molecule has 4 nitrogen and oxygen atoms in total. The Morgan fingerprint density at radius 1 is 1.08 bits per heavy atom. The molecule has 0 aliphatic rings. The molecule has 24 heavy (non-hydrogen) atoms. The van der Waals surface area contributed by atoms with Gasteiger partial charge in [-0.1, -0.05) is 30.3 Å². The molecule has 0 fully saturated rings. The van der Waals surface area contributed by atoms with Crippen LogP contribution >= 0.6 is 0 Å². The van der Waals surface area contributed by atoms with Crippen LogP contribution in [0.3, 0.4) is 0 Å². The molecular weight excluding hydrogens is 329 g/mol. The van der Waals surface area contributed by atoms with Gasteiger partial charge >= 0.3 is 0 Å². The highest BCUT2D eigenvalue weighted by Crippen LogP contribution is 2.20. The average molecular weight is 345 g/mol. The van der Waals surface area contributed by atoms with Crippen molar-refractivity contribution in [2.45, 2.75) is 18.1 Å². The van der Waals surface area contributed by atoms with Gasteiger partial charge in [-0.3, -0.25) is 4.21 Å². The molecule has 1 aromatic heterocycles. The quantitative estimate of drug-likeness (QED) is 0.743. The summed E-state index contributed by atoms with van der Waals surface area (Å²) in [5, 5.41) is 9.02. The molecule has 0 aliphatic carbocycles. The van der Waals surface area contributed by atoms with Gasteiger partial charge in [-0.15, -0.1) is 0 Å². The zero-order valence-electron chi connectivity index (χ0n) is 12.8. The van der Waals surface area contributed by atoms with E-state index in [0.717, 1.165) is 11.1 Å². The van der Waals surface area contributed by atoms with Gasteiger partial charge in [0, 0.05) is 22.1 Å². The van der Waals surface area contributed by atoms with Gasteiger partial charge in [-0.05, 0) is 29.3 Å². The molecule has 1 N–H and O–H groups in total. The van der Waals surface area contributed by atoms with E-state index in [1.807, 2.05) is 24.3 Å². The predicted octanol–water partition coefficient (Wildman–Crippen LogP) is 3.42. The first-order valence-electron chi connectivity index (χ1n) is 7.38. The molecule has 0 aliphatic heterocycles. The SMILES string of the molecule is O=S(Cc1ccc(CO)cc1)Cc1coc(-c2cccc(F)c2)n1. The Bertz CT molecular complexity index is 845. The number of aliphatic hydroxyl groups is 1. The minimum atomic E-state index is -1.14. The molecular formula is C18H16FNO3S. The highest BCUT2D eigenvalue weighted by Gasteiger charge is 2.11. The molecule has 2 aromatic carbocycles. The molecule has 1 heterocycles. The van der Waals surface area contributed by atoms with Crippen molar-refractivity contribution in [1.29, 1.82) is 0 Å². The van der Waals surface area contributed by atoms with Crippen LogP contribution in [0.15, 0.2) is 59.2 Å². The van der Waals surface area contributed by atoms with E-state index >= 15 is 0 Å². The van der Waals surface area contributed by atoms with Crippen molar-refractivity contribution >= 4 is 10.8 Å². The number of benzene rings is 2. The van der Waals surface area contributed by atoms with Crippen molar-refractivity contribution in [2.24, 2.45) is 0 Å². The summed E-state index contributed by atoms with van der Waals surface area (Å²) in [7, 11) is -1.14. The molecule has 3 rings (SSSR count). The Morgan fingerprint density at radius 3 is 2.54 bits per heavy atom. The van der Waals surface area contributed by atoms with Gasteiger partial charge in [-0.2, -0.15) is 0 Å². The van der Waals surface area contributed by atoms with Crippen LogP contribution in [-0.2, 0) is 28.9 Å². The number of oxazole rings is 1. The molecule has 6 heteroatoms. The number of aliphatic hydroxyl groups excluding tert-OH is 1. The van der Waals surface area contributed by atoms with Crippen LogP contribution in [0.5, 0.6) is 0 Å². The highest BCUT2D eigenvalue weighted by molar-refractivity contribution is 7.83. The van der Waals surface area contributed by atoms with Crippen LogP contribution in [0.25, 0.3) is 11.5 Å². The first-order chi connectivity index (χ1) is 11.6. The van der Waals surface area contributed by atoms with Crippen molar-refractivity contribution in [3.8, 4) is 11.5 Å². The number of aromatic nitrogens is 1. The highest BCUT2D eigenvalue weighted by atomic mass is 32.2. The number of hydrogen-bond acceptors (Lipinski definition) is 4. The van der Waals surface area contributed by atoms with Crippen LogP contribution in [-0.4, -0.2) is 14.3 Å². The lowest BCUT2D eigenvalue weighted by molar-refractivity contribution is 0.282. The van der Waals surface area contributed by atoms with Crippen LogP contribution in [0.1, 0.15) is 16.8 Å². The van der Waals surface area contributed by atoms with Gasteiger partial charge in [-0.25, -0.2) is 9.37 Å². The molecule has 0 amide bonds. The van der Waals surface area contributed by atoms with E-state index in [4.69, 9.17) is 9.52 Å². The molecule has 0 saturated heterocycles. The van der Waals surface area contributed by atoms with Gasteiger partial charge in [0.05, 0.1) is 18.1 Å². The topological polar surface area (TPSA) is 63.3 Å². The molecule has 0 bridgehead atoms. The van der Waals surface area contributed by atoms with Crippen LogP contribution < -0.4 is 0 Å². The lowest BCUT2D eigenvalue weighted by Crippen LogP contribution is -2.00. The third-order valence-electron chi connectivity index (χ3n) is 3.47. The second-order valence-electron chi connectivity index (χ2n) is 5.36. The predicted molar refractivity (Wildman–Crippen MR) is 89.8 cm³/mol. The van der Waals surface area contributed by atoms with Crippen molar-refractivity contribution in [2.75, 3.05) is 0 Å². The number of halogens is 1. The first-order valence-corrected chi connectivity index (χ1v) is 8.87. The molecule has 1 unspecified atom stereocenters. The maximum Gasteiger partial charge on any atom is 0.226 e. The lowest BCUT2D eigenvalue weighted by atomic mass is 10.2. The van der Waals surface area contributed by atoms with Gasteiger partial charge in [0.2, 0.25) is 5.89 Å². The second-order valence-corrected chi connectivity index (χ2v) is 6.81. The van der Waals surface area contributed by atoms with E-state index in [1.165, 1.54) is 18.4 Å². The van der Waals surface area contributed by atoms with Crippen molar-refractivity contribution in [1.82, 2.24) is 4.98 Å². The van der Waals surface area contributed by atoms with Crippen LogP contribution in [0.2, 0.25) is 0 Å². The Kier molecular flexibility index (Phi) is 5.17. The molecule has 3 aromatic rings. The van der Waals surface area contributed by atoms with E-state index < -0.39 is 10.8 Å². The summed E-state index contributed by atoms with van der Waals surface area (Å²) in [6.07, 6.45) is 1.45. The normalized spacial score (nSPS) is 12.2. The summed E-state index contributed by atoms with van der Waals surface area (Å²) < 4.78 is 30.8. The summed E-state index contributed by atoms with van der Waals surface area (Å²) in [5.74, 6) is 0.616. The minimum absolute atomic E-state index is 0.00876. The molecule has 0 spiro atoms. The summed E-state index contributed by atoms with van der Waals surface area (Å²) in [6, 6.07) is 13.3. The van der Waals surface area contributed by atoms with Crippen molar-refractivity contribution < 1.29 is 18.1 Å². The van der Waals surface area contributed by atoms with Crippen molar-refractivity contribution in [3.05, 3.63) is 77.4 Å². The largest absolute Gasteiger partial charge is 0.444 e. The maximum atomic E-state index is 13.2. The van der Waals surface area contributed by atoms with Gasteiger partial charge in [0.25, 0.3) is 0 Å². The second kappa shape index (κ2) is 7.51. The Morgan fingerprint density at radius 2 is 1.83 bits per heavy atom. The fraction of sp³-hybridized carbons (Fsp3) is 0.167. The molecule has 0 radical (unpaired) electrons. The molecule has 0 saturated carbocycles. The zero-order valence-corrected chi connectivity index (χ0v) is 13.6. The van der Waals surface area contributed by atoms with E-state index in [9.17, 15) is 8.60 Å². The first kappa shape index (κ1) is 16.5. The standard InChI is InChI=1S/C18H16FNO3S/c19-16-3-1-2-15(8-16)18-20-17(10-23-18)12-24(22)11-14-6-4-13(9-21)5-7-14/h1-8,10,21H,9,11-12H2. The third kappa shape index (κ3) is 4.15. The summed E-state index contributed by atoms with van der Waals surface area (Å²) in [4.78, 5) is 4.27. The number of rotatable bonds is 6. The van der Waals surface area contributed by atoms with E-state index in [2.05, 4.69) is 4.98 Å². The molecule has 124 valence electrons. The summed E-state index contributed by atoms with van der Waals surface area (Å²) >= 11 is 0. The van der Waals surface area contributed by atoms with E-state index in [0.29, 0.717) is 22.9 Å². The van der Waals surface area contributed by atoms with Crippen LogP contribution in [0, 0.1) is 5.82 Å². The smallest absolute Gasteiger partial charge is 0.226 e. The summed E-state index contributed by atoms with van der Waals surface area (Å²) in [6.45, 7) is -0.00876. The molecule has 1 atom stereocenters. The fourth-order valence-electron chi connectivity index (χ4n) is 2.27. The Hall–Kier alpha value is -2.31. The monoisotopic (exact) mass is 345 g/mol. The van der Waals surface area contributed by atoms with E-state index in [-0.39, 0.29) is 18.2 Å². The Balaban J connectivity index is 1.64. The minimum Gasteiger partial charge on any atom is -0.444 e. The summed E-state index contributed by atoms with van der Waals surface area (Å²) in [5.41, 5.74) is 2.87. The zero-order chi connectivity index (χ0) is 16.9. The average Bonchev–Trinajstić information content (AvgIpc) is 3.04. The fourth-order valence-corrected chi connectivity index (χ4v) is 3.40. The maximum absolute atomic E-state index is 13.2. The number of nitrogens with zero attached hydrogens (tertiary/aromatic N) is 1. The van der Waals surface area contributed by atoms with Crippen LogP contribution in [0.4, 0.5) is 4.39 Å².